The molecule has 192 valence electrons. The molecular formula is C29H22BrClN2O5. The summed E-state index contributed by atoms with van der Waals surface area (Å²) in [5, 5.41) is 12.7. The number of nitrogens with zero attached hydrogens (tertiary/aromatic N) is 2. The van der Waals surface area contributed by atoms with E-state index in [1.54, 1.807) is 30.3 Å². The second-order valence-corrected chi connectivity index (χ2v) is 10.6. The Kier molecular flexibility index (Phi) is 6.47. The van der Waals surface area contributed by atoms with Crippen LogP contribution in [0, 0.1) is 0 Å². The maximum atomic E-state index is 12.9. The molecule has 6 rings (SSSR count). The number of aromatic hydroxyl groups is 1. The van der Waals surface area contributed by atoms with Gasteiger partial charge in [-0.15, -0.1) is 0 Å². The Morgan fingerprint density at radius 1 is 0.895 bits per heavy atom. The van der Waals surface area contributed by atoms with E-state index in [0.717, 1.165) is 36.3 Å². The van der Waals surface area contributed by atoms with Crippen molar-refractivity contribution in [2.24, 2.45) is 0 Å². The number of benzene rings is 3. The number of hydrogen-bond acceptors (Lipinski definition) is 7. The van der Waals surface area contributed by atoms with Gasteiger partial charge in [0.1, 0.15) is 16.9 Å². The summed E-state index contributed by atoms with van der Waals surface area (Å²) in [5.74, 6) is 0.0320. The van der Waals surface area contributed by atoms with Gasteiger partial charge in [0.15, 0.2) is 0 Å². The predicted molar refractivity (Wildman–Crippen MR) is 152 cm³/mol. The van der Waals surface area contributed by atoms with Crippen LogP contribution in [0.3, 0.4) is 0 Å². The Bertz CT molecular complexity index is 1810. The van der Waals surface area contributed by atoms with E-state index in [-0.39, 0.29) is 16.9 Å². The van der Waals surface area contributed by atoms with E-state index in [0.29, 0.717) is 39.0 Å². The Balaban J connectivity index is 1.36. The standard InChI is InChI=1S/C29H22BrClN2O5/c30-18-4-7-26-17(12-18)13-23(29(36)37-26)22-15-27(35)38-28-21(22)5-6-25(34)24(28)16-32-8-10-33(11-9-32)20-3-1-2-19(31)14-20/h1-7,12-15,34H,8-11,16H2. The van der Waals surface area contributed by atoms with Gasteiger partial charge in [-0.2, -0.15) is 0 Å². The molecule has 0 spiro atoms. The molecule has 5 aromatic rings. The highest BCUT2D eigenvalue weighted by Gasteiger charge is 2.22. The molecule has 38 heavy (non-hydrogen) atoms. The van der Waals surface area contributed by atoms with Crippen LogP contribution in [0.25, 0.3) is 33.1 Å². The first-order valence-corrected chi connectivity index (χ1v) is 13.3. The van der Waals surface area contributed by atoms with E-state index in [2.05, 4.69) is 25.7 Å². The molecule has 0 aliphatic carbocycles. The first kappa shape index (κ1) is 24.7. The summed E-state index contributed by atoms with van der Waals surface area (Å²) in [4.78, 5) is 30.1. The van der Waals surface area contributed by atoms with Crippen molar-refractivity contribution in [2.45, 2.75) is 6.54 Å². The molecule has 0 bridgehead atoms. The number of anilines is 1. The molecule has 2 aromatic heterocycles. The van der Waals surface area contributed by atoms with Crippen LogP contribution < -0.4 is 16.2 Å². The smallest absolute Gasteiger partial charge is 0.344 e. The molecule has 0 unspecified atom stereocenters. The van der Waals surface area contributed by atoms with Crippen LogP contribution in [0.15, 0.2) is 89.6 Å². The number of hydrogen-bond donors (Lipinski definition) is 1. The Morgan fingerprint density at radius 2 is 1.71 bits per heavy atom. The van der Waals surface area contributed by atoms with Crippen LogP contribution in [0.2, 0.25) is 5.02 Å². The highest BCUT2D eigenvalue weighted by atomic mass is 79.9. The third-order valence-electron chi connectivity index (χ3n) is 6.90. The second kappa shape index (κ2) is 9.94. The molecule has 1 aliphatic rings. The third kappa shape index (κ3) is 4.71. The molecule has 1 saturated heterocycles. The van der Waals surface area contributed by atoms with Crippen LogP contribution in [0.5, 0.6) is 5.75 Å². The SMILES string of the molecule is O=c1cc(-c2cc3cc(Br)ccc3oc2=O)c2ccc(O)c(CN3CCN(c4cccc(Cl)c4)CC3)c2o1. The van der Waals surface area contributed by atoms with Gasteiger partial charge in [-0.25, -0.2) is 9.59 Å². The monoisotopic (exact) mass is 592 g/mol. The first-order valence-electron chi connectivity index (χ1n) is 12.1. The fourth-order valence-electron chi connectivity index (χ4n) is 4.99. The van der Waals surface area contributed by atoms with Gasteiger partial charge in [-0.1, -0.05) is 33.6 Å². The van der Waals surface area contributed by atoms with Crippen molar-refractivity contribution in [1.82, 2.24) is 4.90 Å². The van der Waals surface area contributed by atoms with E-state index in [1.807, 2.05) is 30.3 Å². The Hall–Kier alpha value is -3.59. The zero-order valence-corrected chi connectivity index (χ0v) is 22.5. The molecule has 1 fully saturated rings. The molecule has 0 saturated carbocycles. The van der Waals surface area contributed by atoms with Crippen LogP contribution in [0.1, 0.15) is 5.56 Å². The van der Waals surface area contributed by atoms with E-state index >= 15 is 0 Å². The van der Waals surface area contributed by atoms with Gasteiger partial charge in [0.05, 0.1) is 11.1 Å². The molecule has 1 aliphatic heterocycles. The van der Waals surface area contributed by atoms with Crippen LogP contribution >= 0.6 is 27.5 Å². The second-order valence-electron chi connectivity index (χ2n) is 9.29. The lowest BCUT2D eigenvalue weighted by molar-refractivity contribution is 0.246. The third-order valence-corrected chi connectivity index (χ3v) is 7.63. The lowest BCUT2D eigenvalue weighted by atomic mass is 9.99. The maximum Gasteiger partial charge on any atom is 0.344 e. The molecule has 1 N–H and O–H groups in total. The highest BCUT2D eigenvalue weighted by Crippen LogP contribution is 2.34. The zero-order valence-electron chi connectivity index (χ0n) is 20.1. The van der Waals surface area contributed by atoms with Gasteiger partial charge in [0, 0.05) is 70.3 Å². The molecule has 7 nitrogen and oxygen atoms in total. The molecular weight excluding hydrogens is 572 g/mol. The number of halogens is 2. The number of rotatable bonds is 4. The summed E-state index contributed by atoms with van der Waals surface area (Å²) in [6.07, 6.45) is 0. The van der Waals surface area contributed by atoms with Gasteiger partial charge in [0.25, 0.3) is 0 Å². The summed E-state index contributed by atoms with van der Waals surface area (Å²) < 4.78 is 12.0. The van der Waals surface area contributed by atoms with Crippen molar-refractivity contribution < 1.29 is 13.9 Å². The molecule has 3 aromatic carbocycles. The lowest BCUT2D eigenvalue weighted by Crippen LogP contribution is -2.46. The Morgan fingerprint density at radius 3 is 2.50 bits per heavy atom. The summed E-state index contributed by atoms with van der Waals surface area (Å²) in [7, 11) is 0. The van der Waals surface area contributed by atoms with Crippen molar-refractivity contribution in [3.8, 4) is 16.9 Å². The summed E-state index contributed by atoms with van der Waals surface area (Å²) in [6.45, 7) is 3.45. The topological polar surface area (TPSA) is 87.1 Å². The van der Waals surface area contributed by atoms with Crippen LogP contribution in [-0.4, -0.2) is 36.2 Å². The number of fused-ring (bicyclic) bond motifs is 2. The van der Waals surface area contributed by atoms with E-state index in [1.165, 1.54) is 6.07 Å². The van der Waals surface area contributed by atoms with Crippen LogP contribution in [-0.2, 0) is 6.54 Å². The van der Waals surface area contributed by atoms with E-state index < -0.39 is 11.3 Å². The minimum absolute atomic E-state index is 0.0320. The van der Waals surface area contributed by atoms with Gasteiger partial charge in [-0.3, -0.25) is 4.90 Å². The van der Waals surface area contributed by atoms with E-state index in [4.69, 9.17) is 20.4 Å². The van der Waals surface area contributed by atoms with Gasteiger partial charge in [0.2, 0.25) is 0 Å². The first-order chi connectivity index (χ1) is 18.4. The largest absolute Gasteiger partial charge is 0.507 e. The zero-order chi connectivity index (χ0) is 26.4. The fourth-order valence-corrected chi connectivity index (χ4v) is 5.55. The maximum absolute atomic E-state index is 12.9. The number of piperazine rings is 1. The van der Waals surface area contributed by atoms with Gasteiger partial charge >= 0.3 is 11.3 Å². The lowest BCUT2D eigenvalue weighted by Gasteiger charge is -2.36. The molecule has 0 atom stereocenters. The average molecular weight is 594 g/mol. The van der Waals surface area contributed by atoms with Gasteiger partial charge in [-0.05, 0) is 54.6 Å². The predicted octanol–water partition coefficient (Wildman–Crippen LogP) is 6.01. The minimum atomic E-state index is -0.612. The van der Waals surface area contributed by atoms with Gasteiger partial charge < -0.3 is 18.8 Å². The molecule has 3 heterocycles. The van der Waals surface area contributed by atoms with Crippen molar-refractivity contribution in [3.63, 3.8) is 0 Å². The number of phenolic OH excluding ortho intramolecular Hbond substituents is 1. The molecule has 9 heteroatoms. The normalized spacial score (nSPS) is 14.4. The molecule has 0 amide bonds. The number of phenols is 1. The van der Waals surface area contributed by atoms with Crippen molar-refractivity contribution in [1.29, 1.82) is 0 Å². The van der Waals surface area contributed by atoms with Crippen LogP contribution in [0.4, 0.5) is 5.69 Å². The quantitative estimate of drug-likeness (QED) is 0.255. The summed E-state index contributed by atoms with van der Waals surface area (Å²) >= 11 is 9.60. The van der Waals surface area contributed by atoms with E-state index in [9.17, 15) is 14.7 Å². The van der Waals surface area contributed by atoms with Crippen molar-refractivity contribution in [2.75, 3.05) is 31.1 Å². The van der Waals surface area contributed by atoms with Crippen molar-refractivity contribution >= 4 is 55.2 Å². The minimum Gasteiger partial charge on any atom is -0.507 e. The van der Waals surface area contributed by atoms with Crippen molar-refractivity contribution in [3.05, 3.63) is 103 Å². The summed E-state index contributed by atoms with van der Waals surface area (Å²) in [5.41, 5.74) is 1.77. The highest BCUT2D eigenvalue weighted by molar-refractivity contribution is 9.10. The summed E-state index contributed by atoms with van der Waals surface area (Å²) in [6, 6.07) is 19.4. The average Bonchev–Trinajstić information content (AvgIpc) is 2.90. The Labute approximate surface area is 230 Å². The molecule has 0 radical (unpaired) electrons. The fraction of sp³-hybridized carbons (Fsp3) is 0.172.